The normalized spacial score (nSPS) is 29.6. The van der Waals surface area contributed by atoms with Crippen molar-refractivity contribution in [3.63, 3.8) is 0 Å². The molecule has 0 N–H and O–H groups in total. The summed E-state index contributed by atoms with van der Waals surface area (Å²) in [6.07, 6.45) is 3.39. The van der Waals surface area contributed by atoms with Crippen LogP contribution < -0.4 is 0 Å². The van der Waals surface area contributed by atoms with E-state index in [1.54, 1.807) is 0 Å². The van der Waals surface area contributed by atoms with E-state index in [4.69, 9.17) is 0 Å². The average Bonchev–Trinajstić information content (AvgIpc) is 2.33. The van der Waals surface area contributed by atoms with Crippen LogP contribution in [0.25, 0.3) is 0 Å². The van der Waals surface area contributed by atoms with Crippen molar-refractivity contribution in [3.05, 3.63) is 0 Å². The lowest BCUT2D eigenvalue weighted by molar-refractivity contribution is -0.135. The zero-order valence-electron chi connectivity index (χ0n) is 13.1. The molecule has 0 aromatic heterocycles. The molecule has 1 fully saturated rings. The smallest absolute Gasteiger partial charge is 0.155 e. The van der Waals surface area contributed by atoms with E-state index in [2.05, 4.69) is 46.4 Å². The van der Waals surface area contributed by atoms with Gasteiger partial charge in [0.25, 0.3) is 0 Å². The van der Waals surface area contributed by atoms with Gasteiger partial charge < -0.3 is 0 Å². The van der Waals surface area contributed by atoms with E-state index in [9.17, 15) is 4.79 Å². The van der Waals surface area contributed by atoms with Gasteiger partial charge >= 0.3 is 0 Å². The van der Waals surface area contributed by atoms with E-state index in [-0.39, 0.29) is 11.5 Å². The molecule has 0 amide bonds. The van der Waals surface area contributed by atoms with Gasteiger partial charge in [0.1, 0.15) is 0 Å². The van der Waals surface area contributed by atoms with Crippen LogP contribution in [0.15, 0.2) is 0 Å². The van der Waals surface area contributed by atoms with Crippen molar-refractivity contribution in [2.75, 3.05) is 13.1 Å². The molecular weight excluding hydrogens is 222 g/mol. The van der Waals surface area contributed by atoms with Crippen LogP contribution in [0.2, 0.25) is 0 Å². The second-order valence-corrected chi connectivity index (χ2v) is 6.56. The van der Waals surface area contributed by atoms with E-state index >= 15 is 0 Å². The Morgan fingerprint density at radius 1 is 1.11 bits per heavy atom. The maximum absolute atomic E-state index is 12.8. The second-order valence-electron chi connectivity index (χ2n) is 6.56. The Hall–Kier alpha value is -0.370. The molecular formula is C16H31NO. The Kier molecular flexibility index (Phi) is 5.39. The summed E-state index contributed by atoms with van der Waals surface area (Å²) in [7, 11) is 0. The molecule has 0 heterocycles. The molecule has 3 unspecified atom stereocenters. The van der Waals surface area contributed by atoms with E-state index in [1.807, 2.05) is 0 Å². The van der Waals surface area contributed by atoms with E-state index in [0.717, 1.165) is 31.8 Å². The molecule has 1 aliphatic carbocycles. The minimum atomic E-state index is -0.297. The first-order valence-electron chi connectivity index (χ1n) is 7.63. The summed E-state index contributed by atoms with van der Waals surface area (Å²) in [4.78, 5) is 15.1. The Bertz CT molecular complexity index is 281. The summed E-state index contributed by atoms with van der Waals surface area (Å²) in [5.41, 5.74) is -0.297. The minimum Gasteiger partial charge on any atom is -0.297 e. The maximum atomic E-state index is 12.8. The van der Waals surface area contributed by atoms with Gasteiger partial charge in [-0.15, -0.1) is 0 Å². The number of hydrogen-bond acceptors (Lipinski definition) is 2. The summed E-state index contributed by atoms with van der Waals surface area (Å²) in [6.45, 7) is 15.0. The molecule has 2 heteroatoms. The van der Waals surface area contributed by atoms with Gasteiger partial charge in [-0.2, -0.15) is 0 Å². The van der Waals surface area contributed by atoms with Crippen molar-refractivity contribution >= 4 is 5.78 Å². The Balaban J connectivity index is 2.74. The average molecular weight is 253 g/mol. The number of hydrogen-bond donors (Lipinski definition) is 0. The summed E-state index contributed by atoms with van der Waals surface area (Å²) in [5, 5.41) is 0. The van der Waals surface area contributed by atoms with Crippen molar-refractivity contribution in [2.24, 2.45) is 17.8 Å². The third kappa shape index (κ3) is 3.14. The zero-order chi connectivity index (χ0) is 13.9. The second kappa shape index (κ2) is 6.18. The number of ketones is 1. The van der Waals surface area contributed by atoms with E-state index in [1.165, 1.54) is 6.42 Å². The van der Waals surface area contributed by atoms with Crippen LogP contribution in [0.4, 0.5) is 0 Å². The number of carbonyl (C=O) groups is 1. The fraction of sp³-hybridized carbons (Fsp3) is 0.938. The summed E-state index contributed by atoms with van der Waals surface area (Å²) in [6, 6.07) is 0. The van der Waals surface area contributed by atoms with Crippen LogP contribution in [0.5, 0.6) is 0 Å². The highest BCUT2D eigenvalue weighted by molar-refractivity contribution is 5.89. The van der Waals surface area contributed by atoms with Gasteiger partial charge in [0.15, 0.2) is 5.78 Å². The number of nitrogens with zero attached hydrogens (tertiary/aromatic N) is 1. The largest absolute Gasteiger partial charge is 0.297 e. The minimum absolute atomic E-state index is 0.284. The first-order chi connectivity index (χ1) is 8.34. The standard InChI is InChI=1S/C16H31NO/c1-7-17(8-2)16(5,6)15(18)14-10-9-12(3)13(4)11-14/h12-14H,7-11H2,1-6H3. The first kappa shape index (κ1) is 15.7. The van der Waals surface area contributed by atoms with Gasteiger partial charge in [0.2, 0.25) is 0 Å². The number of Topliss-reactive ketones (excluding diaryl/α,β-unsaturated/α-hetero) is 1. The van der Waals surface area contributed by atoms with Crippen LogP contribution in [-0.4, -0.2) is 29.3 Å². The maximum Gasteiger partial charge on any atom is 0.155 e. The van der Waals surface area contributed by atoms with Gasteiger partial charge in [-0.1, -0.05) is 27.7 Å². The number of likely N-dealkylation sites (N-methyl/N-ethyl adjacent to an activating group) is 1. The highest BCUT2D eigenvalue weighted by Crippen LogP contribution is 2.36. The van der Waals surface area contributed by atoms with Gasteiger partial charge in [0.05, 0.1) is 5.54 Å². The van der Waals surface area contributed by atoms with Crippen LogP contribution in [0.3, 0.4) is 0 Å². The van der Waals surface area contributed by atoms with Crippen LogP contribution >= 0.6 is 0 Å². The molecule has 0 aliphatic heterocycles. The van der Waals surface area contributed by atoms with Crippen molar-refractivity contribution in [3.8, 4) is 0 Å². The number of carbonyl (C=O) groups excluding carboxylic acids is 1. The van der Waals surface area contributed by atoms with Crippen LogP contribution in [0, 0.1) is 17.8 Å². The SMILES string of the molecule is CCN(CC)C(C)(C)C(=O)C1CCC(C)C(C)C1. The Morgan fingerprint density at radius 3 is 2.11 bits per heavy atom. The van der Waals surface area contributed by atoms with Crippen LogP contribution in [0.1, 0.15) is 60.8 Å². The van der Waals surface area contributed by atoms with Crippen molar-refractivity contribution in [1.29, 1.82) is 0 Å². The zero-order valence-corrected chi connectivity index (χ0v) is 13.1. The molecule has 18 heavy (non-hydrogen) atoms. The van der Waals surface area contributed by atoms with Gasteiger partial charge in [-0.05, 0) is 58.0 Å². The van der Waals surface area contributed by atoms with Crippen LogP contribution in [-0.2, 0) is 4.79 Å². The monoisotopic (exact) mass is 253 g/mol. The lowest BCUT2D eigenvalue weighted by Crippen LogP contribution is -2.52. The van der Waals surface area contributed by atoms with E-state index in [0.29, 0.717) is 11.7 Å². The topological polar surface area (TPSA) is 20.3 Å². The molecule has 0 saturated heterocycles. The fourth-order valence-electron chi connectivity index (χ4n) is 3.46. The molecule has 1 aliphatic rings. The molecule has 0 aromatic rings. The molecule has 2 nitrogen and oxygen atoms in total. The highest BCUT2D eigenvalue weighted by atomic mass is 16.1. The molecule has 0 bridgehead atoms. The lowest BCUT2D eigenvalue weighted by Gasteiger charge is -2.41. The summed E-state index contributed by atoms with van der Waals surface area (Å²) in [5.74, 6) is 2.22. The van der Waals surface area contributed by atoms with Crippen molar-refractivity contribution in [2.45, 2.75) is 66.3 Å². The molecule has 106 valence electrons. The van der Waals surface area contributed by atoms with Gasteiger partial charge in [0, 0.05) is 5.92 Å². The first-order valence-corrected chi connectivity index (χ1v) is 7.63. The molecule has 0 aromatic carbocycles. The predicted molar refractivity (Wildman–Crippen MR) is 77.7 cm³/mol. The fourth-order valence-corrected chi connectivity index (χ4v) is 3.46. The lowest BCUT2D eigenvalue weighted by atomic mass is 9.71. The number of rotatable bonds is 5. The summed E-state index contributed by atoms with van der Waals surface area (Å²) >= 11 is 0. The van der Waals surface area contributed by atoms with Gasteiger partial charge in [-0.25, -0.2) is 0 Å². The predicted octanol–water partition coefficient (Wildman–Crippen LogP) is 3.75. The molecule has 0 radical (unpaired) electrons. The molecule has 1 saturated carbocycles. The van der Waals surface area contributed by atoms with Crippen molar-refractivity contribution < 1.29 is 4.79 Å². The molecule has 0 spiro atoms. The summed E-state index contributed by atoms with van der Waals surface area (Å²) < 4.78 is 0. The molecule has 1 rings (SSSR count). The van der Waals surface area contributed by atoms with Gasteiger partial charge in [-0.3, -0.25) is 9.69 Å². The highest BCUT2D eigenvalue weighted by Gasteiger charge is 2.39. The molecule has 3 atom stereocenters. The third-order valence-electron chi connectivity index (χ3n) is 5.13. The van der Waals surface area contributed by atoms with Crippen molar-refractivity contribution in [1.82, 2.24) is 4.90 Å². The van der Waals surface area contributed by atoms with E-state index < -0.39 is 0 Å². The Labute approximate surface area is 113 Å². The quantitative estimate of drug-likeness (QED) is 0.744. The third-order valence-corrected chi connectivity index (χ3v) is 5.13. The Morgan fingerprint density at radius 2 is 1.67 bits per heavy atom.